The van der Waals surface area contributed by atoms with Gasteiger partial charge in [0, 0.05) is 6.07 Å². The van der Waals surface area contributed by atoms with Crippen LogP contribution in [-0.2, 0) is 6.42 Å². The monoisotopic (exact) mass is 291 g/mol. The number of hydrogen-bond acceptors (Lipinski definition) is 5. The van der Waals surface area contributed by atoms with Gasteiger partial charge < -0.3 is 10.1 Å². The summed E-state index contributed by atoms with van der Waals surface area (Å²) in [4.78, 5) is 0. The number of aryl methyl sites for hydroxylation is 1. The van der Waals surface area contributed by atoms with E-state index in [2.05, 4.69) is 39.3 Å². The Bertz CT molecular complexity index is 484. The van der Waals surface area contributed by atoms with Gasteiger partial charge in [-0.1, -0.05) is 6.92 Å². The average Bonchev–Trinajstić information content (AvgIpc) is 3.01. The van der Waals surface area contributed by atoms with E-state index in [4.69, 9.17) is 4.74 Å². The highest BCUT2D eigenvalue weighted by atomic mass is 32.1. The summed E-state index contributed by atoms with van der Waals surface area (Å²) < 4.78 is 5.06. The maximum Gasteiger partial charge on any atom is 0.233 e. The van der Waals surface area contributed by atoms with Gasteiger partial charge in [0.05, 0.1) is 18.8 Å². The number of ether oxygens (including phenoxy) is 1. The quantitative estimate of drug-likeness (QED) is 0.811. The SMILES string of the molecule is CCCNC(CCc1ccsc1)c1ccc(OC)nn1. The predicted octanol–water partition coefficient (Wildman–Crippen LogP) is 3.22. The van der Waals surface area contributed by atoms with Gasteiger partial charge in [-0.15, -0.1) is 5.10 Å². The third-order valence-corrected chi connectivity index (χ3v) is 3.90. The van der Waals surface area contributed by atoms with E-state index in [1.165, 1.54) is 5.56 Å². The van der Waals surface area contributed by atoms with Gasteiger partial charge in [0.1, 0.15) is 0 Å². The number of thiophene rings is 1. The van der Waals surface area contributed by atoms with Gasteiger partial charge in [-0.2, -0.15) is 16.4 Å². The molecule has 108 valence electrons. The fraction of sp³-hybridized carbons (Fsp3) is 0.467. The van der Waals surface area contributed by atoms with Crippen molar-refractivity contribution in [3.63, 3.8) is 0 Å². The molecule has 0 aliphatic carbocycles. The fourth-order valence-electron chi connectivity index (χ4n) is 2.04. The molecule has 0 amide bonds. The van der Waals surface area contributed by atoms with E-state index in [1.807, 2.05) is 12.1 Å². The molecule has 1 N–H and O–H groups in total. The van der Waals surface area contributed by atoms with Crippen molar-refractivity contribution in [1.29, 1.82) is 0 Å². The molecule has 0 aliphatic rings. The Labute approximate surface area is 124 Å². The first-order valence-electron chi connectivity index (χ1n) is 6.95. The van der Waals surface area contributed by atoms with Gasteiger partial charge in [-0.3, -0.25) is 0 Å². The molecule has 1 unspecified atom stereocenters. The molecule has 0 saturated heterocycles. The summed E-state index contributed by atoms with van der Waals surface area (Å²) in [5.74, 6) is 0.556. The molecule has 0 fully saturated rings. The van der Waals surface area contributed by atoms with Crippen molar-refractivity contribution >= 4 is 11.3 Å². The van der Waals surface area contributed by atoms with Gasteiger partial charge in [0.25, 0.3) is 0 Å². The Morgan fingerprint density at radius 2 is 2.20 bits per heavy atom. The van der Waals surface area contributed by atoms with Crippen LogP contribution in [-0.4, -0.2) is 23.9 Å². The van der Waals surface area contributed by atoms with Crippen LogP contribution < -0.4 is 10.1 Å². The first-order chi connectivity index (χ1) is 9.83. The lowest BCUT2D eigenvalue weighted by atomic mass is 10.0. The van der Waals surface area contributed by atoms with Crippen LogP contribution in [0.15, 0.2) is 29.0 Å². The van der Waals surface area contributed by atoms with E-state index in [0.29, 0.717) is 5.88 Å². The molecule has 0 bridgehead atoms. The lowest BCUT2D eigenvalue weighted by Gasteiger charge is -2.17. The Hall–Kier alpha value is -1.46. The van der Waals surface area contributed by atoms with Gasteiger partial charge >= 0.3 is 0 Å². The maximum atomic E-state index is 5.06. The van der Waals surface area contributed by atoms with Crippen LogP contribution in [0.4, 0.5) is 0 Å². The second kappa shape index (κ2) is 7.97. The Balaban J connectivity index is 2.01. The number of rotatable bonds is 8. The van der Waals surface area contributed by atoms with Crippen molar-refractivity contribution in [3.05, 3.63) is 40.2 Å². The molecule has 2 heterocycles. The van der Waals surface area contributed by atoms with Crippen LogP contribution in [0.2, 0.25) is 0 Å². The maximum absolute atomic E-state index is 5.06. The van der Waals surface area contributed by atoms with Crippen LogP contribution in [0, 0.1) is 0 Å². The van der Waals surface area contributed by atoms with Crippen molar-refractivity contribution in [2.24, 2.45) is 0 Å². The topological polar surface area (TPSA) is 47.0 Å². The third kappa shape index (κ3) is 4.28. The molecule has 2 aromatic rings. The second-order valence-corrected chi connectivity index (χ2v) is 5.46. The summed E-state index contributed by atoms with van der Waals surface area (Å²) >= 11 is 1.74. The highest BCUT2D eigenvalue weighted by Gasteiger charge is 2.13. The van der Waals surface area contributed by atoms with Crippen molar-refractivity contribution in [3.8, 4) is 5.88 Å². The molecule has 0 aromatic carbocycles. The smallest absolute Gasteiger partial charge is 0.233 e. The lowest BCUT2D eigenvalue weighted by Crippen LogP contribution is -2.24. The summed E-state index contributed by atoms with van der Waals surface area (Å²) in [6.07, 6.45) is 3.19. The summed E-state index contributed by atoms with van der Waals surface area (Å²) in [7, 11) is 1.60. The van der Waals surface area contributed by atoms with Gasteiger partial charge in [0.15, 0.2) is 0 Å². The van der Waals surface area contributed by atoms with Crippen LogP contribution in [0.1, 0.15) is 37.1 Å². The van der Waals surface area contributed by atoms with Crippen LogP contribution >= 0.6 is 11.3 Å². The largest absolute Gasteiger partial charge is 0.480 e. The Morgan fingerprint density at radius 1 is 1.30 bits per heavy atom. The van der Waals surface area contributed by atoms with Crippen LogP contribution in [0.25, 0.3) is 0 Å². The van der Waals surface area contributed by atoms with Crippen molar-refractivity contribution in [2.75, 3.05) is 13.7 Å². The standard InChI is InChI=1S/C15H21N3OS/c1-3-9-16-13(5-4-12-8-10-20-11-12)14-6-7-15(19-2)18-17-14/h6-8,10-11,13,16H,3-5,9H2,1-2H3. The van der Waals surface area contributed by atoms with E-state index in [1.54, 1.807) is 18.4 Å². The second-order valence-electron chi connectivity index (χ2n) is 4.68. The zero-order valence-electron chi connectivity index (χ0n) is 12.0. The minimum absolute atomic E-state index is 0.244. The van der Waals surface area contributed by atoms with Crippen molar-refractivity contribution < 1.29 is 4.74 Å². The number of methoxy groups -OCH3 is 1. The van der Waals surface area contributed by atoms with E-state index >= 15 is 0 Å². The van der Waals surface area contributed by atoms with Gasteiger partial charge in [0.2, 0.25) is 5.88 Å². The van der Waals surface area contributed by atoms with Gasteiger partial charge in [-0.05, 0) is 54.3 Å². The summed E-state index contributed by atoms with van der Waals surface area (Å²) in [5.41, 5.74) is 2.37. The van der Waals surface area contributed by atoms with Crippen LogP contribution in [0.3, 0.4) is 0 Å². The lowest BCUT2D eigenvalue weighted by molar-refractivity contribution is 0.388. The Kier molecular flexibility index (Phi) is 5.95. The molecular weight excluding hydrogens is 270 g/mol. The van der Waals surface area contributed by atoms with E-state index in [0.717, 1.165) is 31.5 Å². The summed E-state index contributed by atoms with van der Waals surface area (Å²) in [6, 6.07) is 6.29. The molecule has 20 heavy (non-hydrogen) atoms. The fourth-order valence-corrected chi connectivity index (χ4v) is 2.75. The first-order valence-corrected chi connectivity index (χ1v) is 7.89. The normalized spacial score (nSPS) is 12.3. The zero-order chi connectivity index (χ0) is 14.2. The molecule has 0 spiro atoms. The molecule has 0 aliphatic heterocycles. The summed E-state index contributed by atoms with van der Waals surface area (Å²) in [6.45, 7) is 3.16. The van der Waals surface area contributed by atoms with E-state index in [9.17, 15) is 0 Å². The summed E-state index contributed by atoms with van der Waals surface area (Å²) in [5, 5.41) is 16.2. The third-order valence-electron chi connectivity index (χ3n) is 3.17. The molecule has 2 aromatic heterocycles. The van der Waals surface area contributed by atoms with Gasteiger partial charge in [-0.25, -0.2) is 0 Å². The number of aromatic nitrogens is 2. The first kappa shape index (κ1) is 14.9. The average molecular weight is 291 g/mol. The van der Waals surface area contributed by atoms with Crippen LogP contribution in [0.5, 0.6) is 5.88 Å². The van der Waals surface area contributed by atoms with Crippen molar-refractivity contribution in [2.45, 2.75) is 32.2 Å². The molecule has 5 heteroatoms. The Morgan fingerprint density at radius 3 is 2.80 bits per heavy atom. The highest BCUT2D eigenvalue weighted by molar-refractivity contribution is 7.07. The van der Waals surface area contributed by atoms with E-state index < -0.39 is 0 Å². The molecule has 4 nitrogen and oxygen atoms in total. The van der Waals surface area contributed by atoms with E-state index in [-0.39, 0.29) is 6.04 Å². The van der Waals surface area contributed by atoms with Crippen molar-refractivity contribution in [1.82, 2.24) is 15.5 Å². The predicted molar refractivity (Wildman–Crippen MR) is 82.3 cm³/mol. The highest BCUT2D eigenvalue weighted by Crippen LogP contribution is 2.19. The zero-order valence-corrected chi connectivity index (χ0v) is 12.8. The number of nitrogens with zero attached hydrogens (tertiary/aromatic N) is 2. The number of hydrogen-bond donors (Lipinski definition) is 1. The minimum atomic E-state index is 0.244. The minimum Gasteiger partial charge on any atom is -0.480 e. The molecule has 2 rings (SSSR count). The molecule has 0 saturated carbocycles. The molecule has 1 atom stereocenters. The number of nitrogens with one attached hydrogen (secondary N) is 1. The molecular formula is C15H21N3OS. The molecule has 0 radical (unpaired) electrons.